The highest BCUT2D eigenvalue weighted by Crippen LogP contribution is 2.32. The van der Waals surface area contributed by atoms with E-state index in [2.05, 4.69) is 15.0 Å². The summed E-state index contributed by atoms with van der Waals surface area (Å²) >= 11 is 0. The van der Waals surface area contributed by atoms with Gasteiger partial charge in [-0.05, 0) is 12.1 Å². The Kier molecular flexibility index (Phi) is 16.7. The van der Waals surface area contributed by atoms with E-state index in [1.165, 1.54) is 0 Å². The van der Waals surface area contributed by atoms with Crippen LogP contribution in [0.15, 0.2) is 78.9 Å². The lowest BCUT2D eigenvalue weighted by atomic mass is 10.1. The van der Waals surface area contributed by atoms with Gasteiger partial charge in [0.25, 0.3) is 0 Å². The van der Waals surface area contributed by atoms with E-state index in [1.54, 1.807) is 25.3 Å². The first-order chi connectivity index (χ1) is 17.2. The van der Waals surface area contributed by atoms with Crippen molar-refractivity contribution < 1.29 is 9.84 Å². The summed E-state index contributed by atoms with van der Waals surface area (Å²) in [5.41, 5.74) is 2.28. The average molecular weight is 476 g/mol. The Labute approximate surface area is 211 Å². The Morgan fingerprint density at radius 3 is 1.31 bits per heavy atom. The highest BCUT2D eigenvalue weighted by molar-refractivity contribution is 5.70. The van der Waals surface area contributed by atoms with Gasteiger partial charge in [0.05, 0.1) is 12.7 Å². The number of phenolic OH excluding ortho intramolecular Hbond substituents is 1. The Morgan fingerprint density at radius 2 is 0.943 bits per heavy atom. The maximum absolute atomic E-state index is 10.4. The molecule has 1 N–H and O–H groups in total. The smallest absolute Gasteiger partial charge is 0.167 e. The second-order valence-corrected chi connectivity index (χ2v) is 5.92. The number of phenols is 1. The van der Waals surface area contributed by atoms with E-state index < -0.39 is 0 Å². The minimum atomic E-state index is 0.0542. The fourth-order valence-electron chi connectivity index (χ4n) is 2.76. The number of nitrogens with zero attached hydrogens (tertiary/aromatic N) is 3. The maximum atomic E-state index is 10.4. The molecule has 1 aromatic heterocycles. The second kappa shape index (κ2) is 18.7. The fraction of sp³-hybridized carbons (Fsp3) is 0.300. The number of aromatic nitrogens is 3. The summed E-state index contributed by atoms with van der Waals surface area (Å²) < 4.78 is 5.16. The number of benzene rings is 3. The number of ether oxygens (including phenoxy) is 1. The number of hydrogen-bond acceptors (Lipinski definition) is 5. The van der Waals surface area contributed by atoms with E-state index in [0.717, 1.165) is 11.1 Å². The molecule has 0 saturated carbocycles. The van der Waals surface area contributed by atoms with E-state index in [1.807, 2.05) is 116 Å². The molecule has 0 atom stereocenters. The van der Waals surface area contributed by atoms with Crippen molar-refractivity contribution in [1.82, 2.24) is 15.0 Å². The van der Waals surface area contributed by atoms with Crippen LogP contribution in [0.3, 0.4) is 0 Å². The molecule has 4 rings (SSSR count). The minimum Gasteiger partial charge on any atom is -0.507 e. The molecule has 35 heavy (non-hydrogen) atoms. The lowest BCUT2D eigenvalue weighted by molar-refractivity contribution is 0.408. The van der Waals surface area contributed by atoms with E-state index in [-0.39, 0.29) is 5.75 Å². The predicted molar refractivity (Wildman–Crippen MR) is 150 cm³/mol. The molecule has 0 radical (unpaired) electrons. The van der Waals surface area contributed by atoms with Gasteiger partial charge in [-0.3, -0.25) is 0 Å². The Morgan fingerprint density at radius 1 is 0.543 bits per heavy atom. The number of methoxy groups -OCH3 is 1. The van der Waals surface area contributed by atoms with Crippen molar-refractivity contribution in [1.29, 1.82) is 0 Å². The number of hydrogen-bond donors (Lipinski definition) is 1. The minimum absolute atomic E-state index is 0.0542. The summed E-state index contributed by atoms with van der Waals surface area (Å²) in [7, 11) is 1.55. The molecule has 0 aliphatic heterocycles. The molecule has 1 heterocycles. The van der Waals surface area contributed by atoms with Crippen LogP contribution in [0, 0.1) is 0 Å². The average Bonchev–Trinajstić information content (AvgIpc) is 2.98. The quantitative estimate of drug-likeness (QED) is 0.320. The van der Waals surface area contributed by atoms with Gasteiger partial charge >= 0.3 is 0 Å². The molecule has 0 aliphatic rings. The van der Waals surface area contributed by atoms with Crippen molar-refractivity contribution in [2.75, 3.05) is 7.11 Å². The third-order valence-corrected chi connectivity index (χ3v) is 4.15. The maximum Gasteiger partial charge on any atom is 0.167 e. The SMILES string of the molecule is CC.CC.CC.CC.COc1ccc(-c2nc(-c3ccccc3)nc(-c3ccccc3)n2)c(O)c1. The molecule has 0 fully saturated rings. The van der Waals surface area contributed by atoms with Crippen LogP contribution in [-0.2, 0) is 0 Å². The third kappa shape index (κ3) is 9.20. The molecule has 0 saturated heterocycles. The van der Waals surface area contributed by atoms with Crippen LogP contribution < -0.4 is 4.74 Å². The Bertz CT molecular complexity index is 1010. The first-order valence-corrected chi connectivity index (χ1v) is 12.5. The molecule has 0 bridgehead atoms. The molecular formula is C30H41N3O2. The van der Waals surface area contributed by atoms with E-state index in [9.17, 15) is 5.11 Å². The molecule has 0 spiro atoms. The van der Waals surface area contributed by atoms with E-state index >= 15 is 0 Å². The Balaban J connectivity index is 0.00000132. The molecule has 4 aromatic rings. The summed E-state index contributed by atoms with van der Waals surface area (Å²) in [6.45, 7) is 16.0. The van der Waals surface area contributed by atoms with Crippen molar-refractivity contribution in [2.45, 2.75) is 55.4 Å². The zero-order valence-electron chi connectivity index (χ0n) is 22.7. The zero-order chi connectivity index (χ0) is 26.6. The van der Waals surface area contributed by atoms with Crippen molar-refractivity contribution in [3.05, 3.63) is 78.9 Å². The van der Waals surface area contributed by atoms with Gasteiger partial charge in [-0.2, -0.15) is 0 Å². The molecule has 0 unspecified atom stereocenters. The standard InChI is InChI=1S/C22H17N3O2.4C2H6/c1-27-17-12-13-18(19(26)14-17)22-24-20(15-8-4-2-5-9-15)23-21(25-22)16-10-6-3-7-11-16;4*1-2/h2-14,26H,1H3;4*1-2H3. The summed E-state index contributed by atoms with van der Waals surface area (Å²) in [6.07, 6.45) is 0. The van der Waals surface area contributed by atoms with Crippen LogP contribution >= 0.6 is 0 Å². The summed E-state index contributed by atoms with van der Waals surface area (Å²) in [4.78, 5) is 13.8. The van der Waals surface area contributed by atoms with Crippen LogP contribution in [-0.4, -0.2) is 27.2 Å². The zero-order valence-corrected chi connectivity index (χ0v) is 22.7. The van der Waals surface area contributed by atoms with Crippen molar-refractivity contribution in [2.24, 2.45) is 0 Å². The lowest BCUT2D eigenvalue weighted by Crippen LogP contribution is -2.00. The van der Waals surface area contributed by atoms with Gasteiger partial charge in [-0.25, -0.2) is 15.0 Å². The van der Waals surface area contributed by atoms with Gasteiger partial charge in [0.15, 0.2) is 17.5 Å². The summed E-state index contributed by atoms with van der Waals surface area (Å²) in [6, 6.07) is 24.5. The molecule has 0 amide bonds. The van der Waals surface area contributed by atoms with E-state index in [0.29, 0.717) is 28.8 Å². The second-order valence-electron chi connectivity index (χ2n) is 5.92. The molecule has 188 valence electrons. The molecule has 0 aliphatic carbocycles. The highest BCUT2D eigenvalue weighted by atomic mass is 16.5. The van der Waals surface area contributed by atoms with Crippen molar-refractivity contribution in [3.8, 4) is 45.7 Å². The van der Waals surface area contributed by atoms with Crippen LogP contribution in [0.2, 0.25) is 0 Å². The predicted octanol–water partition coefficient (Wildman–Crippen LogP) is 8.69. The molecule has 5 heteroatoms. The van der Waals surface area contributed by atoms with Gasteiger partial charge in [0.2, 0.25) is 0 Å². The van der Waals surface area contributed by atoms with Gasteiger partial charge < -0.3 is 9.84 Å². The third-order valence-electron chi connectivity index (χ3n) is 4.15. The van der Waals surface area contributed by atoms with Gasteiger partial charge in [-0.1, -0.05) is 116 Å². The number of aromatic hydroxyl groups is 1. The molecular weight excluding hydrogens is 434 g/mol. The van der Waals surface area contributed by atoms with Crippen LogP contribution in [0.25, 0.3) is 34.2 Å². The van der Waals surface area contributed by atoms with Crippen LogP contribution in [0.1, 0.15) is 55.4 Å². The number of rotatable bonds is 4. The molecule has 3 aromatic carbocycles. The van der Waals surface area contributed by atoms with Crippen molar-refractivity contribution in [3.63, 3.8) is 0 Å². The topological polar surface area (TPSA) is 68.1 Å². The van der Waals surface area contributed by atoms with Gasteiger partial charge in [0, 0.05) is 17.2 Å². The largest absolute Gasteiger partial charge is 0.507 e. The van der Waals surface area contributed by atoms with Crippen LogP contribution in [0.4, 0.5) is 0 Å². The monoisotopic (exact) mass is 475 g/mol. The first kappa shape index (κ1) is 31.3. The van der Waals surface area contributed by atoms with E-state index in [4.69, 9.17) is 4.74 Å². The molecule has 5 nitrogen and oxygen atoms in total. The Hall–Kier alpha value is -3.73. The van der Waals surface area contributed by atoms with Crippen molar-refractivity contribution >= 4 is 0 Å². The summed E-state index contributed by atoms with van der Waals surface area (Å²) in [5.74, 6) is 2.13. The summed E-state index contributed by atoms with van der Waals surface area (Å²) in [5, 5.41) is 10.4. The highest BCUT2D eigenvalue weighted by Gasteiger charge is 2.14. The fourth-order valence-corrected chi connectivity index (χ4v) is 2.76. The normalized spacial score (nSPS) is 8.83. The lowest BCUT2D eigenvalue weighted by Gasteiger charge is -2.10. The first-order valence-electron chi connectivity index (χ1n) is 12.5. The van der Waals surface area contributed by atoms with Gasteiger partial charge in [0.1, 0.15) is 11.5 Å². The van der Waals surface area contributed by atoms with Gasteiger partial charge in [-0.15, -0.1) is 0 Å². The van der Waals surface area contributed by atoms with Crippen LogP contribution in [0.5, 0.6) is 11.5 Å².